The zero-order chi connectivity index (χ0) is 22.6. The van der Waals surface area contributed by atoms with Crippen molar-refractivity contribution in [2.24, 2.45) is 0 Å². The summed E-state index contributed by atoms with van der Waals surface area (Å²) < 4.78 is 19.5. The van der Waals surface area contributed by atoms with Gasteiger partial charge in [-0.05, 0) is 97.6 Å². The van der Waals surface area contributed by atoms with Crippen molar-refractivity contribution < 1.29 is 14.2 Å². The van der Waals surface area contributed by atoms with Crippen LogP contribution in [0.4, 0.5) is 10.1 Å². The summed E-state index contributed by atoms with van der Waals surface area (Å²) in [5, 5.41) is 9.97. The fourth-order valence-corrected chi connectivity index (χ4v) is 5.06. The number of piperidine rings is 1. The molecule has 0 saturated carbocycles. The number of hydrogen-bond acceptors (Lipinski definition) is 4. The van der Waals surface area contributed by atoms with Crippen LogP contribution < -0.4 is 9.64 Å². The van der Waals surface area contributed by atoms with Gasteiger partial charge < -0.3 is 14.7 Å². The number of nitrogens with zero attached hydrogens (tertiary/aromatic N) is 2. The molecule has 0 aromatic heterocycles. The van der Waals surface area contributed by atoms with Gasteiger partial charge in [0.05, 0.1) is 6.04 Å². The molecule has 0 amide bonds. The smallest absolute Gasteiger partial charge is 0.123 e. The molecular weight excluding hydrogens is 415 g/mol. The molecule has 172 valence electrons. The Labute approximate surface area is 195 Å². The third kappa shape index (κ3) is 5.14. The van der Waals surface area contributed by atoms with E-state index in [9.17, 15) is 9.50 Å². The van der Waals surface area contributed by atoms with Crippen molar-refractivity contribution in [2.75, 3.05) is 31.1 Å². The van der Waals surface area contributed by atoms with Gasteiger partial charge in [-0.3, -0.25) is 4.90 Å². The average molecular weight is 447 g/mol. The number of phenols is 1. The van der Waals surface area contributed by atoms with Crippen molar-refractivity contribution in [1.29, 1.82) is 0 Å². The first-order valence-electron chi connectivity index (χ1n) is 11.9. The van der Waals surface area contributed by atoms with Crippen LogP contribution in [0.2, 0.25) is 0 Å². The maximum Gasteiger partial charge on any atom is 0.123 e. The number of aromatic hydroxyl groups is 1. The molecule has 0 bridgehead atoms. The lowest BCUT2D eigenvalue weighted by Gasteiger charge is -2.28. The van der Waals surface area contributed by atoms with Crippen molar-refractivity contribution in [3.05, 3.63) is 89.2 Å². The van der Waals surface area contributed by atoms with Gasteiger partial charge in [0.25, 0.3) is 0 Å². The van der Waals surface area contributed by atoms with Crippen LogP contribution >= 0.6 is 0 Å². The highest BCUT2D eigenvalue weighted by Gasteiger charge is 2.30. The molecule has 1 fully saturated rings. The number of fused-ring (bicyclic) bond motifs is 1. The summed E-state index contributed by atoms with van der Waals surface area (Å²) in [4.78, 5) is 4.77. The molecule has 3 aromatic carbocycles. The monoisotopic (exact) mass is 446 g/mol. The largest absolute Gasteiger partial charge is 0.508 e. The van der Waals surface area contributed by atoms with E-state index in [0.29, 0.717) is 6.54 Å². The van der Waals surface area contributed by atoms with Crippen molar-refractivity contribution in [1.82, 2.24) is 4.90 Å². The molecule has 0 aliphatic carbocycles. The molecule has 2 aliphatic heterocycles. The van der Waals surface area contributed by atoms with Crippen molar-refractivity contribution in [2.45, 2.75) is 38.3 Å². The Morgan fingerprint density at radius 1 is 0.909 bits per heavy atom. The van der Waals surface area contributed by atoms with Gasteiger partial charge in [0.15, 0.2) is 0 Å². The second kappa shape index (κ2) is 9.84. The maximum absolute atomic E-state index is 13.5. The Kier molecular flexibility index (Phi) is 6.49. The highest BCUT2D eigenvalue weighted by Crippen LogP contribution is 2.40. The summed E-state index contributed by atoms with van der Waals surface area (Å²) >= 11 is 0. The molecular formula is C28H31FN2O2. The topological polar surface area (TPSA) is 35.9 Å². The van der Waals surface area contributed by atoms with Crippen LogP contribution in [0.3, 0.4) is 0 Å². The number of benzene rings is 3. The zero-order valence-electron chi connectivity index (χ0n) is 18.9. The quantitative estimate of drug-likeness (QED) is 0.505. The second-order valence-electron chi connectivity index (χ2n) is 9.10. The lowest BCUT2D eigenvalue weighted by Crippen LogP contribution is -2.33. The Balaban J connectivity index is 1.27. The van der Waals surface area contributed by atoms with E-state index in [1.807, 2.05) is 24.3 Å². The number of hydrogen-bond donors (Lipinski definition) is 1. The molecule has 0 spiro atoms. The van der Waals surface area contributed by atoms with E-state index < -0.39 is 0 Å². The molecule has 3 aromatic rings. The molecule has 0 radical (unpaired) electrons. The third-order valence-corrected chi connectivity index (χ3v) is 6.84. The number of anilines is 1. The fourth-order valence-electron chi connectivity index (χ4n) is 5.06. The van der Waals surface area contributed by atoms with Crippen LogP contribution in [0, 0.1) is 5.82 Å². The van der Waals surface area contributed by atoms with Gasteiger partial charge in [0.2, 0.25) is 0 Å². The molecule has 1 N–H and O–H groups in total. The number of ether oxygens (including phenoxy) is 1. The SMILES string of the molecule is Oc1ccc2c(c1)CN(c1ccc(F)cc1)C2Cc1ccc(OCCN2CCCCC2)cc1. The van der Waals surface area contributed by atoms with Crippen LogP contribution in [-0.4, -0.2) is 36.2 Å². The van der Waals surface area contributed by atoms with Gasteiger partial charge in [0, 0.05) is 18.8 Å². The molecule has 1 saturated heterocycles. The third-order valence-electron chi connectivity index (χ3n) is 6.84. The van der Waals surface area contributed by atoms with E-state index in [1.165, 1.54) is 55.6 Å². The van der Waals surface area contributed by atoms with Crippen LogP contribution in [0.25, 0.3) is 0 Å². The van der Waals surface area contributed by atoms with Gasteiger partial charge in [-0.15, -0.1) is 0 Å². The average Bonchev–Trinajstić information content (AvgIpc) is 3.18. The lowest BCUT2D eigenvalue weighted by molar-refractivity contribution is 0.183. The molecule has 5 heteroatoms. The van der Waals surface area contributed by atoms with E-state index in [4.69, 9.17) is 4.74 Å². The Morgan fingerprint density at radius 2 is 1.67 bits per heavy atom. The van der Waals surface area contributed by atoms with Crippen LogP contribution in [0.1, 0.15) is 42.0 Å². The first-order chi connectivity index (χ1) is 16.2. The molecule has 2 heterocycles. The fraction of sp³-hybridized carbons (Fsp3) is 0.357. The van der Waals surface area contributed by atoms with E-state index in [0.717, 1.165) is 36.6 Å². The van der Waals surface area contributed by atoms with Gasteiger partial charge in [-0.25, -0.2) is 4.39 Å². The number of likely N-dealkylation sites (tertiary alicyclic amines) is 1. The Morgan fingerprint density at radius 3 is 2.42 bits per heavy atom. The number of phenolic OH excluding ortho intramolecular Hbond substituents is 1. The summed E-state index contributed by atoms with van der Waals surface area (Å²) in [5.41, 5.74) is 4.52. The molecule has 1 atom stereocenters. The zero-order valence-corrected chi connectivity index (χ0v) is 18.9. The normalized spacial score (nSPS) is 18.3. The highest BCUT2D eigenvalue weighted by atomic mass is 19.1. The van der Waals surface area contributed by atoms with Crippen LogP contribution in [-0.2, 0) is 13.0 Å². The van der Waals surface area contributed by atoms with Gasteiger partial charge >= 0.3 is 0 Å². The second-order valence-corrected chi connectivity index (χ2v) is 9.10. The molecule has 33 heavy (non-hydrogen) atoms. The Bertz CT molecular complexity index is 1060. The summed E-state index contributed by atoms with van der Waals surface area (Å²) in [7, 11) is 0. The molecule has 4 nitrogen and oxygen atoms in total. The Hall–Kier alpha value is -3.05. The number of rotatable bonds is 7. The summed E-state index contributed by atoms with van der Waals surface area (Å²) in [6, 6.07) is 20.8. The molecule has 5 rings (SSSR count). The predicted octanol–water partition coefficient (Wildman–Crippen LogP) is 5.70. The van der Waals surface area contributed by atoms with Gasteiger partial charge in [-0.1, -0.05) is 24.6 Å². The summed E-state index contributed by atoms with van der Waals surface area (Å²) in [6.45, 7) is 4.77. The number of halogens is 1. The van der Waals surface area contributed by atoms with E-state index in [2.05, 4.69) is 34.1 Å². The lowest BCUT2D eigenvalue weighted by atomic mass is 9.97. The van der Waals surface area contributed by atoms with E-state index in [-0.39, 0.29) is 17.6 Å². The van der Waals surface area contributed by atoms with Crippen LogP contribution in [0.5, 0.6) is 11.5 Å². The van der Waals surface area contributed by atoms with Gasteiger partial charge in [0.1, 0.15) is 23.9 Å². The first-order valence-corrected chi connectivity index (χ1v) is 11.9. The minimum Gasteiger partial charge on any atom is -0.508 e. The standard InChI is InChI=1S/C28H31FN2O2/c29-23-6-8-24(9-7-23)31-20-22-19-25(32)10-13-27(22)28(31)18-21-4-11-26(12-5-21)33-17-16-30-14-2-1-3-15-30/h4-13,19,28,32H,1-3,14-18,20H2. The minimum atomic E-state index is -0.236. The highest BCUT2D eigenvalue weighted by molar-refractivity contribution is 5.56. The van der Waals surface area contributed by atoms with Gasteiger partial charge in [-0.2, -0.15) is 0 Å². The minimum absolute atomic E-state index is 0.122. The predicted molar refractivity (Wildman–Crippen MR) is 129 cm³/mol. The first kappa shape index (κ1) is 21.8. The summed E-state index contributed by atoms with van der Waals surface area (Å²) in [6.07, 6.45) is 4.77. The van der Waals surface area contributed by atoms with Crippen molar-refractivity contribution >= 4 is 5.69 Å². The van der Waals surface area contributed by atoms with E-state index in [1.54, 1.807) is 6.07 Å². The maximum atomic E-state index is 13.5. The molecule has 2 aliphatic rings. The van der Waals surface area contributed by atoms with Crippen molar-refractivity contribution in [3.8, 4) is 11.5 Å². The van der Waals surface area contributed by atoms with Crippen LogP contribution in [0.15, 0.2) is 66.7 Å². The van der Waals surface area contributed by atoms with E-state index >= 15 is 0 Å². The van der Waals surface area contributed by atoms with Crippen molar-refractivity contribution in [3.63, 3.8) is 0 Å². The molecule has 1 unspecified atom stereocenters. The summed E-state index contributed by atoms with van der Waals surface area (Å²) in [5.74, 6) is 0.947.